The van der Waals surface area contributed by atoms with Crippen LogP contribution in [0.4, 0.5) is 21.7 Å². The van der Waals surface area contributed by atoms with Crippen molar-refractivity contribution in [3.05, 3.63) is 59.5 Å². The highest BCUT2D eigenvalue weighted by Crippen LogP contribution is 2.50. The molecule has 1 amide bonds. The van der Waals surface area contributed by atoms with Gasteiger partial charge in [-0.15, -0.1) is 0 Å². The van der Waals surface area contributed by atoms with E-state index in [0.29, 0.717) is 22.6 Å². The number of piperazine rings is 1. The van der Waals surface area contributed by atoms with Crippen molar-refractivity contribution in [2.24, 2.45) is 0 Å². The number of halogens is 1. The predicted octanol–water partition coefficient (Wildman–Crippen LogP) is 2.88. The molecule has 192 valence electrons. The van der Waals surface area contributed by atoms with Gasteiger partial charge in [0.15, 0.2) is 5.82 Å². The first-order valence-electron chi connectivity index (χ1n) is 12.5. The summed E-state index contributed by atoms with van der Waals surface area (Å²) in [4.78, 5) is 25.7. The molecule has 10 heteroatoms. The van der Waals surface area contributed by atoms with Gasteiger partial charge in [-0.05, 0) is 49.7 Å². The largest absolute Gasteiger partial charge is 0.489 e. The van der Waals surface area contributed by atoms with Crippen molar-refractivity contribution in [3.63, 3.8) is 0 Å². The van der Waals surface area contributed by atoms with Crippen LogP contribution in [0.25, 0.3) is 11.3 Å². The topological polar surface area (TPSA) is 103 Å². The lowest BCUT2D eigenvalue weighted by atomic mass is 9.99. The molecule has 1 saturated carbocycles. The smallest absolute Gasteiger partial charge is 0.252 e. The fourth-order valence-electron chi connectivity index (χ4n) is 5.08. The number of hydrogen-bond acceptors (Lipinski definition) is 8. The number of carbonyl (C=O) groups is 1. The third-order valence-corrected chi connectivity index (χ3v) is 7.33. The molecule has 37 heavy (non-hydrogen) atoms. The second kappa shape index (κ2) is 9.28. The number of likely N-dealkylation sites (N-methyl/N-ethyl adjacent to an activating group) is 1. The minimum absolute atomic E-state index is 0.109. The molecule has 2 aromatic carbocycles. The molecule has 2 fully saturated rings. The summed E-state index contributed by atoms with van der Waals surface area (Å²) >= 11 is 0. The van der Waals surface area contributed by atoms with Crippen LogP contribution in [0.1, 0.15) is 28.8 Å². The van der Waals surface area contributed by atoms with E-state index >= 15 is 0 Å². The Morgan fingerprint density at radius 2 is 1.97 bits per heavy atom. The highest BCUT2D eigenvalue weighted by Gasteiger charge is 2.52. The van der Waals surface area contributed by atoms with E-state index in [9.17, 15) is 14.3 Å². The fraction of sp³-hybridized carbons (Fsp3) is 0.370. The summed E-state index contributed by atoms with van der Waals surface area (Å²) in [6, 6.07) is 11.2. The van der Waals surface area contributed by atoms with E-state index in [4.69, 9.17) is 4.74 Å². The first-order valence-corrected chi connectivity index (χ1v) is 12.5. The molecule has 0 unspecified atom stereocenters. The normalized spacial score (nSPS) is 18.0. The van der Waals surface area contributed by atoms with Crippen LogP contribution < -0.4 is 20.3 Å². The highest BCUT2D eigenvalue weighted by atomic mass is 19.1. The standard InChI is InChI=1S/C27H29FN6O3/c1-33-8-10-34(11-9-33)18-3-5-23(37-13-12-35)22(15-18)30-26-29-16-21(28)24(31-26)17-2-4-20-19(14-17)25(36)32-27(20)6-7-27/h2-5,14-16,35H,6-13H2,1H3,(H,32,36)(H,29,30,31). The third kappa shape index (κ3) is 4.47. The molecule has 2 aliphatic heterocycles. The average Bonchev–Trinajstić information content (AvgIpc) is 3.63. The summed E-state index contributed by atoms with van der Waals surface area (Å²) < 4.78 is 20.6. The van der Waals surface area contributed by atoms with Gasteiger partial charge in [-0.25, -0.2) is 14.4 Å². The first-order chi connectivity index (χ1) is 18.0. The van der Waals surface area contributed by atoms with Gasteiger partial charge in [-0.3, -0.25) is 4.79 Å². The average molecular weight is 505 g/mol. The van der Waals surface area contributed by atoms with E-state index in [1.807, 2.05) is 24.3 Å². The van der Waals surface area contributed by atoms with Crippen LogP contribution in [0.2, 0.25) is 0 Å². The van der Waals surface area contributed by atoms with E-state index in [0.717, 1.165) is 56.5 Å². The molecular formula is C27H29FN6O3. The summed E-state index contributed by atoms with van der Waals surface area (Å²) in [5.41, 5.74) is 3.57. The summed E-state index contributed by atoms with van der Waals surface area (Å²) in [7, 11) is 2.11. The second-order valence-corrected chi connectivity index (χ2v) is 9.85. The van der Waals surface area contributed by atoms with Gasteiger partial charge in [0.2, 0.25) is 5.95 Å². The lowest BCUT2D eigenvalue weighted by Crippen LogP contribution is -2.44. The monoisotopic (exact) mass is 504 g/mol. The quantitative estimate of drug-likeness (QED) is 0.452. The van der Waals surface area contributed by atoms with Gasteiger partial charge in [-0.2, -0.15) is 0 Å². The molecule has 3 N–H and O–H groups in total. The predicted molar refractivity (Wildman–Crippen MR) is 138 cm³/mol. The molecule has 1 spiro atoms. The molecule has 3 heterocycles. The number of ether oxygens (including phenoxy) is 1. The molecular weight excluding hydrogens is 475 g/mol. The number of nitrogens with zero attached hydrogens (tertiary/aromatic N) is 4. The highest BCUT2D eigenvalue weighted by molar-refractivity contribution is 6.01. The summed E-state index contributed by atoms with van der Waals surface area (Å²) in [6.07, 6.45) is 2.97. The zero-order valence-electron chi connectivity index (χ0n) is 20.6. The molecule has 1 aromatic heterocycles. The Morgan fingerprint density at radius 1 is 1.16 bits per heavy atom. The Hall–Kier alpha value is -3.76. The molecule has 1 saturated heterocycles. The van der Waals surface area contributed by atoms with Crippen molar-refractivity contribution in [3.8, 4) is 17.0 Å². The van der Waals surface area contributed by atoms with E-state index in [1.54, 1.807) is 12.1 Å². The van der Waals surface area contributed by atoms with Crippen molar-refractivity contribution in [1.29, 1.82) is 0 Å². The number of aromatic nitrogens is 2. The van der Waals surface area contributed by atoms with E-state index in [-0.39, 0.29) is 36.3 Å². The van der Waals surface area contributed by atoms with Gasteiger partial charge >= 0.3 is 0 Å². The van der Waals surface area contributed by atoms with Crippen LogP contribution in [0, 0.1) is 5.82 Å². The third-order valence-electron chi connectivity index (χ3n) is 7.33. The Morgan fingerprint density at radius 3 is 2.73 bits per heavy atom. The van der Waals surface area contributed by atoms with Crippen molar-refractivity contribution in [2.45, 2.75) is 18.4 Å². The van der Waals surface area contributed by atoms with E-state index < -0.39 is 5.82 Å². The van der Waals surface area contributed by atoms with Gasteiger partial charge < -0.3 is 30.3 Å². The zero-order valence-corrected chi connectivity index (χ0v) is 20.6. The maximum absolute atomic E-state index is 14.9. The maximum atomic E-state index is 14.9. The van der Waals surface area contributed by atoms with Crippen LogP contribution in [0.5, 0.6) is 5.75 Å². The SMILES string of the molecule is CN1CCN(c2ccc(OCCO)c(Nc3ncc(F)c(-c4ccc5c(c4)C(=O)NC54CC4)n3)c2)CC1. The molecule has 3 aliphatic rings. The molecule has 0 bridgehead atoms. The number of benzene rings is 2. The molecule has 6 rings (SSSR count). The molecule has 0 radical (unpaired) electrons. The van der Waals surface area contributed by atoms with Crippen molar-refractivity contribution in [1.82, 2.24) is 20.2 Å². The molecule has 3 aromatic rings. The van der Waals surface area contributed by atoms with Crippen LogP contribution in [0.15, 0.2) is 42.6 Å². The molecule has 0 atom stereocenters. The number of aliphatic hydroxyl groups excluding tert-OH is 1. The fourth-order valence-corrected chi connectivity index (χ4v) is 5.08. The molecule has 1 aliphatic carbocycles. The lowest BCUT2D eigenvalue weighted by molar-refractivity contribution is 0.0952. The Labute approximate surface area is 214 Å². The minimum atomic E-state index is -0.576. The number of anilines is 3. The van der Waals surface area contributed by atoms with Gasteiger partial charge in [0, 0.05) is 43.0 Å². The Bertz CT molecular complexity index is 1350. The Balaban J connectivity index is 1.31. The van der Waals surface area contributed by atoms with Crippen LogP contribution >= 0.6 is 0 Å². The lowest BCUT2D eigenvalue weighted by Gasteiger charge is -2.34. The maximum Gasteiger partial charge on any atom is 0.252 e. The minimum Gasteiger partial charge on any atom is -0.489 e. The number of fused-ring (bicyclic) bond motifs is 2. The van der Waals surface area contributed by atoms with Crippen LogP contribution in [-0.4, -0.2) is 72.3 Å². The van der Waals surface area contributed by atoms with Gasteiger partial charge in [-0.1, -0.05) is 12.1 Å². The zero-order chi connectivity index (χ0) is 25.6. The molecule has 9 nitrogen and oxygen atoms in total. The number of rotatable bonds is 7. The van der Waals surface area contributed by atoms with E-state index in [1.165, 1.54) is 0 Å². The summed E-state index contributed by atoms with van der Waals surface area (Å²) in [6.45, 7) is 3.75. The Kier molecular flexibility index (Phi) is 5.92. The van der Waals surface area contributed by atoms with Crippen molar-refractivity contribution >= 4 is 23.2 Å². The number of aliphatic hydroxyl groups is 1. The summed E-state index contributed by atoms with van der Waals surface area (Å²) in [5.74, 6) is 0.0243. The van der Waals surface area contributed by atoms with Gasteiger partial charge in [0.1, 0.15) is 18.1 Å². The number of carbonyl (C=O) groups excluding carboxylic acids is 1. The van der Waals surface area contributed by atoms with E-state index in [2.05, 4.69) is 37.4 Å². The number of nitrogens with one attached hydrogen (secondary N) is 2. The van der Waals surface area contributed by atoms with Gasteiger partial charge in [0.25, 0.3) is 5.91 Å². The second-order valence-electron chi connectivity index (χ2n) is 9.85. The van der Waals surface area contributed by atoms with Crippen LogP contribution in [-0.2, 0) is 5.54 Å². The first kappa shape index (κ1) is 23.6. The van der Waals surface area contributed by atoms with Crippen LogP contribution in [0.3, 0.4) is 0 Å². The van der Waals surface area contributed by atoms with Gasteiger partial charge in [0.05, 0.1) is 24.0 Å². The van der Waals surface area contributed by atoms with Crippen molar-refractivity contribution in [2.75, 3.05) is 56.7 Å². The number of amides is 1. The number of hydrogen-bond donors (Lipinski definition) is 3. The van der Waals surface area contributed by atoms with Crippen molar-refractivity contribution < 1.29 is 19.0 Å². The summed E-state index contributed by atoms with van der Waals surface area (Å²) in [5, 5.41) is 15.5.